The Hall–Kier alpha value is -2.35. The monoisotopic (exact) mass is 391 g/mol. The van der Waals surface area contributed by atoms with Crippen LogP contribution in [0, 0.1) is 5.92 Å². The summed E-state index contributed by atoms with van der Waals surface area (Å²) in [7, 11) is 3.62. The fourth-order valence-corrected chi connectivity index (χ4v) is 2.84. The van der Waals surface area contributed by atoms with Gasteiger partial charge in [0.2, 0.25) is 0 Å². The van der Waals surface area contributed by atoms with Crippen molar-refractivity contribution in [1.29, 1.82) is 0 Å². The number of aromatic hydroxyl groups is 1. The molecule has 0 aliphatic carbocycles. The van der Waals surface area contributed by atoms with Gasteiger partial charge in [-0.15, -0.1) is 0 Å². The first kappa shape index (κ1) is 21.9. The van der Waals surface area contributed by atoms with Gasteiger partial charge in [-0.05, 0) is 25.0 Å². The zero-order valence-corrected chi connectivity index (χ0v) is 16.6. The third-order valence-corrected chi connectivity index (χ3v) is 4.92. The summed E-state index contributed by atoms with van der Waals surface area (Å²) < 4.78 is 5.51. The number of aliphatic hydroxyl groups excluding tert-OH is 3. The number of phenolic OH excluding ortho intramolecular Hbond substituents is 1. The molecule has 0 unspecified atom stereocenters. The van der Waals surface area contributed by atoms with Gasteiger partial charge in [-0.3, -0.25) is 0 Å². The van der Waals surface area contributed by atoms with Gasteiger partial charge >= 0.3 is 5.97 Å². The molecule has 7 heteroatoms. The van der Waals surface area contributed by atoms with Crippen molar-refractivity contribution >= 4 is 17.7 Å². The van der Waals surface area contributed by atoms with Crippen LogP contribution in [0.2, 0.25) is 0 Å². The molecule has 0 aromatic heterocycles. The van der Waals surface area contributed by atoms with E-state index in [0.717, 1.165) is 0 Å². The van der Waals surface area contributed by atoms with E-state index in [0.29, 0.717) is 11.3 Å². The molecule has 0 spiro atoms. The topological polar surface area (TPSA) is 110 Å². The molecule has 0 radical (unpaired) electrons. The first-order chi connectivity index (χ1) is 13.1. The molecule has 0 amide bonds. The second-order valence-corrected chi connectivity index (χ2v) is 7.36. The number of hydrogen-bond acceptors (Lipinski definition) is 7. The minimum atomic E-state index is -1.35. The van der Waals surface area contributed by atoms with Crippen LogP contribution in [-0.4, -0.2) is 64.9 Å². The molecule has 7 nitrogen and oxygen atoms in total. The average molecular weight is 391 g/mol. The normalized spacial score (nSPS) is 29.0. The third-order valence-electron chi connectivity index (χ3n) is 4.92. The highest BCUT2D eigenvalue weighted by Gasteiger charge is 2.25. The molecule has 0 saturated carbocycles. The third kappa shape index (κ3) is 5.13. The van der Waals surface area contributed by atoms with Crippen LogP contribution < -0.4 is 4.90 Å². The van der Waals surface area contributed by atoms with E-state index in [4.69, 9.17) is 4.74 Å². The van der Waals surface area contributed by atoms with Crippen LogP contribution in [-0.2, 0) is 4.74 Å². The number of hydrogen-bond donors (Lipinski definition) is 4. The summed E-state index contributed by atoms with van der Waals surface area (Å²) in [5.74, 6) is -1.11. The number of ether oxygens (including phenoxy) is 1. The Morgan fingerprint density at radius 2 is 1.79 bits per heavy atom. The highest BCUT2D eigenvalue weighted by atomic mass is 16.5. The number of anilines is 1. The van der Waals surface area contributed by atoms with Crippen LogP contribution in [0.25, 0.3) is 6.08 Å². The Bertz CT molecular complexity index is 758. The number of carbonyl (C=O) groups is 1. The SMILES string of the molecule is C[C@@H]1C=C[C@H](O)[C@@H](O)[C@@H](O)CC=Cc2cc(N(C)C)cc(O)c2C(=O)O[C@H]1C. The van der Waals surface area contributed by atoms with Gasteiger partial charge in [0.1, 0.15) is 29.6 Å². The van der Waals surface area contributed by atoms with Crippen molar-refractivity contribution in [2.45, 2.75) is 44.7 Å². The lowest BCUT2D eigenvalue weighted by Crippen LogP contribution is -2.36. The Labute approximate surface area is 165 Å². The molecule has 154 valence electrons. The van der Waals surface area contributed by atoms with Crippen LogP contribution in [0.5, 0.6) is 5.75 Å². The van der Waals surface area contributed by atoms with Gasteiger partial charge in [0.25, 0.3) is 0 Å². The van der Waals surface area contributed by atoms with Crippen molar-refractivity contribution < 1.29 is 30.0 Å². The Kier molecular flexibility index (Phi) is 7.23. The predicted octanol–water partition coefficient (Wildman–Crippen LogP) is 1.70. The first-order valence-electron chi connectivity index (χ1n) is 9.26. The summed E-state index contributed by atoms with van der Waals surface area (Å²) in [6.45, 7) is 3.50. The van der Waals surface area contributed by atoms with Crippen LogP contribution in [0.15, 0.2) is 30.4 Å². The van der Waals surface area contributed by atoms with Crippen molar-refractivity contribution in [1.82, 2.24) is 0 Å². The lowest BCUT2D eigenvalue weighted by molar-refractivity contribution is -0.0395. The molecule has 4 N–H and O–H groups in total. The van der Waals surface area contributed by atoms with E-state index in [1.807, 2.05) is 14.1 Å². The van der Waals surface area contributed by atoms with E-state index in [9.17, 15) is 25.2 Å². The lowest BCUT2D eigenvalue weighted by atomic mass is 9.98. The molecule has 1 aliphatic heterocycles. The average Bonchev–Trinajstić information content (AvgIpc) is 2.63. The summed E-state index contributed by atoms with van der Waals surface area (Å²) in [5, 5.41) is 40.7. The van der Waals surface area contributed by atoms with Crippen molar-refractivity contribution in [3.8, 4) is 5.75 Å². The Morgan fingerprint density at radius 3 is 2.43 bits per heavy atom. The highest BCUT2D eigenvalue weighted by molar-refractivity contribution is 5.97. The van der Waals surface area contributed by atoms with E-state index in [1.54, 1.807) is 43.0 Å². The molecule has 1 aromatic carbocycles. The molecule has 0 bridgehead atoms. The molecular formula is C21H29NO6. The molecule has 1 heterocycles. The van der Waals surface area contributed by atoms with Crippen molar-refractivity contribution in [2.75, 3.05) is 19.0 Å². The van der Waals surface area contributed by atoms with E-state index in [2.05, 4.69) is 0 Å². The number of nitrogens with zero attached hydrogens (tertiary/aromatic N) is 1. The van der Waals surface area contributed by atoms with E-state index in [-0.39, 0.29) is 23.7 Å². The molecule has 5 atom stereocenters. The molecule has 2 rings (SSSR count). The smallest absolute Gasteiger partial charge is 0.342 e. The number of phenols is 1. The highest BCUT2D eigenvalue weighted by Crippen LogP contribution is 2.30. The van der Waals surface area contributed by atoms with E-state index in [1.165, 1.54) is 12.1 Å². The van der Waals surface area contributed by atoms with Gasteiger partial charge in [0.05, 0.1) is 6.10 Å². The number of aliphatic hydroxyl groups is 3. The predicted molar refractivity (Wildman–Crippen MR) is 107 cm³/mol. The number of cyclic esters (lactones) is 1. The second-order valence-electron chi connectivity index (χ2n) is 7.36. The number of benzene rings is 1. The molecule has 1 aromatic rings. The molecule has 0 saturated heterocycles. The van der Waals surface area contributed by atoms with Crippen molar-refractivity contribution in [3.05, 3.63) is 41.5 Å². The van der Waals surface area contributed by atoms with Crippen LogP contribution in [0.3, 0.4) is 0 Å². The minimum absolute atomic E-state index is 0.0389. The van der Waals surface area contributed by atoms with Gasteiger partial charge in [-0.1, -0.05) is 31.2 Å². The zero-order chi connectivity index (χ0) is 21.0. The summed E-state index contributed by atoms with van der Waals surface area (Å²) in [5.41, 5.74) is 1.16. The zero-order valence-electron chi connectivity index (χ0n) is 16.6. The van der Waals surface area contributed by atoms with Gasteiger partial charge < -0.3 is 30.1 Å². The Balaban J connectivity index is 2.51. The largest absolute Gasteiger partial charge is 0.507 e. The van der Waals surface area contributed by atoms with Gasteiger partial charge in [-0.25, -0.2) is 4.79 Å². The maximum atomic E-state index is 12.7. The standard InChI is InChI=1S/C21H29NO6/c1-12-8-9-17(24)20(26)16(23)7-5-6-14-10-15(22(3)4)11-18(25)19(14)21(27)28-13(12)2/h5-6,8-13,16-17,20,23-26H,7H2,1-4H3/t12-,13+,16+,17+,20+/m1/s1. The maximum Gasteiger partial charge on any atom is 0.342 e. The van der Waals surface area contributed by atoms with Gasteiger partial charge in [0.15, 0.2) is 0 Å². The quantitative estimate of drug-likeness (QED) is 0.426. The van der Waals surface area contributed by atoms with E-state index < -0.39 is 30.4 Å². The summed E-state index contributed by atoms with van der Waals surface area (Å²) >= 11 is 0. The van der Waals surface area contributed by atoms with Gasteiger partial charge in [0, 0.05) is 31.8 Å². The summed E-state index contributed by atoms with van der Waals surface area (Å²) in [6.07, 6.45) is 1.90. The molecule has 28 heavy (non-hydrogen) atoms. The molecule has 1 aliphatic rings. The van der Waals surface area contributed by atoms with E-state index >= 15 is 0 Å². The fraction of sp³-hybridized carbons (Fsp3) is 0.476. The summed E-state index contributed by atoms with van der Waals surface area (Å²) in [4.78, 5) is 14.5. The molecular weight excluding hydrogens is 362 g/mol. The summed E-state index contributed by atoms with van der Waals surface area (Å²) in [6, 6.07) is 3.21. The number of rotatable bonds is 1. The van der Waals surface area contributed by atoms with Crippen LogP contribution >= 0.6 is 0 Å². The van der Waals surface area contributed by atoms with Gasteiger partial charge in [-0.2, -0.15) is 0 Å². The molecule has 0 fully saturated rings. The number of esters is 1. The van der Waals surface area contributed by atoms with Crippen LogP contribution in [0.4, 0.5) is 5.69 Å². The van der Waals surface area contributed by atoms with Crippen molar-refractivity contribution in [3.63, 3.8) is 0 Å². The fourth-order valence-electron chi connectivity index (χ4n) is 2.84. The lowest BCUT2D eigenvalue weighted by Gasteiger charge is -2.23. The first-order valence-corrected chi connectivity index (χ1v) is 9.26. The van der Waals surface area contributed by atoms with Crippen molar-refractivity contribution in [2.24, 2.45) is 5.92 Å². The second kappa shape index (κ2) is 9.23. The Morgan fingerprint density at radius 1 is 1.11 bits per heavy atom. The number of fused-ring (bicyclic) bond motifs is 1. The minimum Gasteiger partial charge on any atom is -0.507 e. The number of carbonyl (C=O) groups excluding carboxylic acids is 1. The van der Waals surface area contributed by atoms with Crippen LogP contribution in [0.1, 0.15) is 36.2 Å². The maximum absolute atomic E-state index is 12.7.